The molecule has 21 heavy (non-hydrogen) atoms. The molecule has 116 valence electrons. The molecule has 1 rings (SSSR count). The topological polar surface area (TPSA) is 75.4 Å². The highest BCUT2D eigenvalue weighted by atomic mass is 16.2. The quantitative estimate of drug-likeness (QED) is 0.673. The molecule has 0 atom stereocenters. The Kier molecular flexibility index (Phi) is 8.12. The van der Waals surface area contributed by atoms with Crippen LogP contribution in [0.3, 0.4) is 0 Å². The predicted molar refractivity (Wildman–Crippen MR) is 83.4 cm³/mol. The van der Waals surface area contributed by atoms with Crippen molar-refractivity contribution >= 4 is 11.8 Å². The summed E-state index contributed by atoms with van der Waals surface area (Å²) in [6.07, 6.45) is 2.13. The first-order chi connectivity index (χ1) is 10.1. The molecule has 3 N–H and O–H groups in total. The molecule has 1 aromatic rings. The van der Waals surface area contributed by atoms with Gasteiger partial charge in [0.2, 0.25) is 11.8 Å². The Morgan fingerprint density at radius 2 is 1.90 bits per heavy atom. The number of nitrogens with one attached hydrogen (secondary N) is 1. The van der Waals surface area contributed by atoms with Crippen LogP contribution in [0.4, 0.5) is 0 Å². The first-order valence-electron chi connectivity index (χ1n) is 7.39. The van der Waals surface area contributed by atoms with Crippen molar-refractivity contribution in [3.05, 3.63) is 35.9 Å². The van der Waals surface area contributed by atoms with E-state index in [0.29, 0.717) is 32.6 Å². The summed E-state index contributed by atoms with van der Waals surface area (Å²) in [4.78, 5) is 25.0. The van der Waals surface area contributed by atoms with Gasteiger partial charge in [0, 0.05) is 33.0 Å². The van der Waals surface area contributed by atoms with Crippen LogP contribution in [-0.2, 0) is 16.1 Å². The molecule has 0 aliphatic heterocycles. The maximum atomic E-state index is 11.7. The van der Waals surface area contributed by atoms with Gasteiger partial charge in [0.05, 0.1) is 0 Å². The van der Waals surface area contributed by atoms with Gasteiger partial charge in [-0.3, -0.25) is 9.59 Å². The van der Waals surface area contributed by atoms with Gasteiger partial charge >= 0.3 is 0 Å². The molecule has 0 bridgehead atoms. The lowest BCUT2D eigenvalue weighted by Crippen LogP contribution is -2.33. The number of carbonyl (C=O) groups excluding carboxylic acids is 2. The van der Waals surface area contributed by atoms with Crippen LogP contribution in [0, 0.1) is 0 Å². The maximum Gasteiger partial charge on any atom is 0.221 e. The van der Waals surface area contributed by atoms with Gasteiger partial charge in [0.1, 0.15) is 0 Å². The smallest absolute Gasteiger partial charge is 0.221 e. The van der Waals surface area contributed by atoms with Crippen LogP contribution in [-0.4, -0.2) is 36.3 Å². The lowest BCUT2D eigenvalue weighted by atomic mass is 10.2. The maximum absolute atomic E-state index is 11.7. The number of benzene rings is 1. The summed E-state index contributed by atoms with van der Waals surface area (Å²) in [5, 5.41) is 2.84. The van der Waals surface area contributed by atoms with Crippen molar-refractivity contribution in [2.24, 2.45) is 5.73 Å². The molecule has 0 saturated heterocycles. The normalized spacial score (nSPS) is 10.2. The van der Waals surface area contributed by atoms with Gasteiger partial charge in [0.15, 0.2) is 0 Å². The van der Waals surface area contributed by atoms with Crippen LogP contribution in [0.15, 0.2) is 30.3 Å². The molecule has 0 spiro atoms. The van der Waals surface area contributed by atoms with E-state index < -0.39 is 0 Å². The second kappa shape index (κ2) is 9.94. The van der Waals surface area contributed by atoms with E-state index in [-0.39, 0.29) is 11.8 Å². The first kappa shape index (κ1) is 17.2. The number of nitrogens with two attached hydrogens (primary N) is 1. The van der Waals surface area contributed by atoms with Crippen LogP contribution in [0.5, 0.6) is 0 Å². The van der Waals surface area contributed by atoms with Gasteiger partial charge in [0.25, 0.3) is 0 Å². The molecule has 0 aliphatic rings. The highest BCUT2D eigenvalue weighted by molar-refractivity contribution is 5.77. The second-order valence-corrected chi connectivity index (χ2v) is 5.02. The van der Waals surface area contributed by atoms with E-state index in [4.69, 9.17) is 5.73 Å². The van der Waals surface area contributed by atoms with Crippen LogP contribution < -0.4 is 11.1 Å². The standard InChI is InChI=1S/C16H25N3O2/c1-14(20)19(13-15-7-3-2-4-8-15)12-9-16(21)18-11-6-5-10-17/h2-4,7-8H,5-6,9-13,17H2,1H3,(H,18,21). The number of nitrogens with zero attached hydrogens (tertiary/aromatic N) is 1. The Labute approximate surface area is 126 Å². The van der Waals surface area contributed by atoms with Gasteiger partial charge < -0.3 is 16.0 Å². The van der Waals surface area contributed by atoms with E-state index in [1.54, 1.807) is 4.90 Å². The number of rotatable bonds is 9. The third kappa shape index (κ3) is 7.46. The summed E-state index contributed by atoms with van der Waals surface area (Å²) < 4.78 is 0. The molecule has 0 aromatic heterocycles. The third-order valence-corrected chi connectivity index (χ3v) is 3.22. The largest absolute Gasteiger partial charge is 0.356 e. The molecule has 2 amide bonds. The summed E-state index contributed by atoms with van der Waals surface area (Å²) in [5.41, 5.74) is 6.46. The van der Waals surface area contributed by atoms with E-state index in [1.807, 2.05) is 30.3 Å². The molecule has 0 heterocycles. The zero-order valence-corrected chi connectivity index (χ0v) is 12.7. The van der Waals surface area contributed by atoms with Crippen molar-refractivity contribution in [1.29, 1.82) is 0 Å². The SMILES string of the molecule is CC(=O)N(CCC(=O)NCCCCN)Cc1ccccc1. The fourth-order valence-corrected chi connectivity index (χ4v) is 1.97. The molecule has 0 radical (unpaired) electrons. The molecule has 0 fully saturated rings. The lowest BCUT2D eigenvalue weighted by molar-refractivity contribution is -0.130. The number of hydrogen-bond acceptors (Lipinski definition) is 3. The molecule has 0 unspecified atom stereocenters. The van der Waals surface area contributed by atoms with Crippen molar-refractivity contribution in [2.45, 2.75) is 32.7 Å². The molecular formula is C16H25N3O2. The average Bonchev–Trinajstić information content (AvgIpc) is 2.48. The fraction of sp³-hybridized carbons (Fsp3) is 0.500. The highest BCUT2D eigenvalue weighted by Crippen LogP contribution is 2.05. The number of unbranched alkanes of at least 4 members (excludes halogenated alkanes) is 1. The van der Waals surface area contributed by atoms with Gasteiger partial charge in [-0.25, -0.2) is 0 Å². The van der Waals surface area contributed by atoms with Crippen LogP contribution in [0.25, 0.3) is 0 Å². The molecule has 0 aliphatic carbocycles. The van der Waals surface area contributed by atoms with E-state index >= 15 is 0 Å². The monoisotopic (exact) mass is 291 g/mol. The van der Waals surface area contributed by atoms with E-state index in [1.165, 1.54) is 6.92 Å². The Bertz CT molecular complexity index is 434. The lowest BCUT2D eigenvalue weighted by Gasteiger charge is -2.21. The Balaban J connectivity index is 2.34. The van der Waals surface area contributed by atoms with Crippen LogP contribution >= 0.6 is 0 Å². The summed E-state index contributed by atoms with van der Waals surface area (Å²) in [6, 6.07) is 9.78. The first-order valence-corrected chi connectivity index (χ1v) is 7.39. The van der Waals surface area contributed by atoms with Gasteiger partial charge in [-0.05, 0) is 24.9 Å². The molecule has 5 nitrogen and oxygen atoms in total. The zero-order valence-electron chi connectivity index (χ0n) is 12.7. The number of hydrogen-bond donors (Lipinski definition) is 2. The summed E-state index contributed by atoms with van der Waals surface area (Å²) in [7, 11) is 0. The minimum Gasteiger partial charge on any atom is -0.356 e. The Morgan fingerprint density at radius 1 is 1.19 bits per heavy atom. The van der Waals surface area contributed by atoms with E-state index in [0.717, 1.165) is 18.4 Å². The van der Waals surface area contributed by atoms with E-state index in [9.17, 15) is 9.59 Å². The van der Waals surface area contributed by atoms with Crippen molar-refractivity contribution in [3.8, 4) is 0 Å². The fourth-order valence-electron chi connectivity index (χ4n) is 1.97. The van der Waals surface area contributed by atoms with Crippen molar-refractivity contribution < 1.29 is 9.59 Å². The molecule has 5 heteroatoms. The summed E-state index contributed by atoms with van der Waals surface area (Å²) in [6.45, 7) is 3.80. The minimum absolute atomic E-state index is 0.0187. The Hall–Kier alpha value is -1.88. The zero-order chi connectivity index (χ0) is 15.5. The van der Waals surface area contributed by atoms with Crippen molar-refractivity contribution in [1.82, 2.24) is 10.2 Å². The summed E-state index contributed by atoms with van der Waals surface area (Å²) >= 11 is 0. The van der Waals surface area contributed by atoms with Crippen LogP contribution in [0.1, 0.15) is 31.7 Å². The predicted octanol–water partition coefficient (Wildman–Crippen LogP) is 1.28. The number of amides is 2. The average molecular weight is 291 g/mol. The molecule has 1 aromatic carbocycles. The Morgan fingerprint density at radius 3 is 2.52 bits per heavy atom. The van der Waals surface area contributed by atoms with Gasteiger partial charge in [-0.1, -0.05) is 30.3 Å². The van der Waals surface area contributed by atoms with Gasteiger partial charge in [-0.15, -0.1) is 0 Å². The molecular weight excluding hydrogens is 266 g/mol. The third-order valence-electron chi connectivity index (χ3n) is 3.22. The van der Waals surface area contributed by atoms with Crippen LogP contribution in [0.2, 0.25) is 0 Å². The van der Waals surface area contributed by atoms with E-state index in [2.05, 4.69) is 5.32 Å². The number of carbonyl (C=O) groups is 2. The summed E-state index contributed by atoms with van der Waals surface area (Å²) in [5.74, 6) is -0.0406. The van der Waals surface area contributed by atoms with Crippen molar-refractivity contribution in [2.75, 3.05) is 19.6 Å². The molecule has 0 saturated carbocycles. The highest BCUT2D eigenvalue weighted by Gasteiger charge is 2.11. The van der Waals surface area contributed by atoms with Gasteiger partial charge in [-0.2, -0.15) is 0 Å². The van der Waals surface area contributed by atoms with Crippen molar-refractivity contribution in [3.63, 3.8) is 0 Å². The second-order valence-electron chi connectivity index (χ2n) is 5.02. The minimum atomic E-state index is -0.0219.